The Labute approximate surface area is 153 Å². The normalized spacial score (nSPS) is 11.4. The van der Waals surface area contributed by atoms with E-state index in [9.17, 15) is 8.42 Å². The Hall–Kier alpha value is -3.12. The van der Waals surface area contributed by atoms with E-state index in [0.717, 1.165) is 11.3 Å². The fourth-order valence-corrected chi connectivity index (χ4v) is 3.41. The van der Waals surface area contributed by atoms with Gasteiger partial charge in [-0.1, -0.05) is 30.3 Å². The first-order valence-electron chi connectivity index (χ1n) is 7.93. The highest BCUT2D eigenvalue weighted by atomic mass is 32.2. The molecule has 3 aromatic carbocycles. The zero-order chi connectivity index (χ0) is 18.4. The van der Waals surface area contributed by atoms with E-state index in [1.165, 1.54) is 0 Å². The van der Waals surface area contributed by atoms with Gasteiger partial charge in [-0.2, -0.15) is 0 Å². The van der Waals surface area contributed by atoms with E-state index >= 15 is 0 Å². The Morgan fingerprint density at radius 3 is 2.23 bits per heavy atom. The molecule has 132 valence electrons. The lowest BCUT2D eigenvalue weighted by atomic mass is 10.2. The van der Waals surface area contributed by atoms with Crippen LogP contribution < -0.4 is 9.46 Å². The minimum atomic E-state index is -3.67. The number of nitrogens with zero attached hydrogens (tertiary/aromatic N) is 1. The van der Waals surface area contributed by atoms with Crippen LogP contribution in [0.1, 0.15) is 5.56 Å². The number of ether oxygens (including phenoxy) is 1. The standard InChI is InChI=1S/C20H18N2O3S/c1-25-17-13-11-16(12-14-17)15-21-19-9-5-6-10-20(19)22-26(23,24)18-7-3-2-4-8-18/h2-15,22H,1H3. The van der Waals surface area contributed by atoms with Crippen molar-refractivity contribution >= 4 is 27.6 Å². The second-order valence-corrected chi connectivity index (χ2v) is 7.15. The molecule has 6 heteroatoms. The van der Waals surface area contributed by atoms with Crippen LogP contribution in [0.2, 0.25) is 0 Å². The van der Waals surface area contributed by atoms with Crippen molar-refractivity contribution in [2.45, 2.75) is 4.90 Å². The summed E-state index contributed by atoms with van der Waals surface area (Å²) in [4.78, 5) is 4.62. The third-order valence-electron chi connectivity index (χ3n) is 3.67. The maximum absolute atomic E-state index is 12.5. The van der Waals surface area contributed by atoms with Crippen molar-refractivity contribution in [1.29, 1.82) is 0 Å². The summed E-state index contributed by atoms with van der Waals surface area (Å²) in [6.07, 6.45) is 1.68. The summed E-state index contributed by atoms with van der Waals surface area (Å²) >= 11 is 0. The molecule has 1 N–H and O–H groups in total. The number of rotatable bonds is 6. The average molecular weight is 366 g/mol. The van der Waals surface area contributed by atoms with Crippen LogP contribution in [-0.2, 0) is 10.0 Å². The van der Waals surface area contributed by atoms with Gasteiger partial charge in [-0.25, -0.2) is 8.42 Å². The molecule has 0 aliphatic carbocycles. The number of hydrogen-bond acceptors (Lipinski definition) is 4. The van der Waals surface area contributed by atoms with Crippen LogP contribution in [0.3, 0.4) is 0 Å². The van der Waals surface area contributed by atoms with Gasteiger partial charge in [-0.15, -0.1) is 0 Å². The van der Waals surface area contributed by atoms with Crippen LogP contribution >= 0.6 is 0 Å². The Balaban J connectivity index is 1.85. The summed E-state index contributed by atoms with van der Waals surface area (Å²) in [6, 6.07) is 22.7. The molecule has 0 saturated carbocycles. The molecule has 0 heterocycles. The summed E-state index contributed by atoms with van der Waals surface area (Å²) in [7, 11) is -2.06. The molecule has 0 spiro atoms. The third-order valence-corrected chi connectivity index (χ3v) is 5.05. The Bertz CT molecular complexity index is 999. The molecule has 0 aromatic heterocycles. The molecular formula is C20H18N2O3S. The number of methoxy groups -OCH3 is 1. The second-order valence-electron chi connectivity index (χ2n) is 5.47. The lowest BCUT2D eigenvalue weighted by Crippen LogP contribution is -2.12. The van der Waals surface area contributed by atoms with Crippen LogP contribution in [0.4, 0.5) is 11.4 Å². The van der Waals surface area contributed by atoms with Gasteiger partial charge in [0, 0.05) is 6.21 Å². The molecule has 0 atom stereocenters. The van der Waals surface area contributed by atoms with Crippen LogP contribution in [0.15, 0.2) is 88.8 Å². The van der Waals surface area contributed by atoms with Crippen LogP contribution in [0.25, 0.3) is 0 Å². The first-order chi connectivity index (χ1) is 12.6. The number of anilines is 1. The number of aliphatic imine (C=N–C) groups is 1. The number of nitrogens with one attached hydrogen (secondary N) is 1. The molecule has 0 saturated heterocycles. The van der Waals surface area contributed by atoms with Crippen molar-refractivity contribution in [2.24, 2.45) is 4.99 Å². The van der Waals surface area contributed by atoms with Crippen LogP contribution in [0.5, 0.6) is 5.75 Å². The highest BCUT2D eigenvalue weighted by molar-refractivity contribution is 7.92. The second kappa shape index (κ2) is 7.84. The topological polar surface area (TPSA) is 67.8 Å². The Morgan fingerprint density at radius 1 is 0.885 bits per heavy atom. The molecule has 0 bridgehead atoms. The number of hydrogen-bond donors (Lipinski definition) is 1. The van der Waals surface area contributed by atoms with Crippen molar-refractivity contribution in [3.05, 3.63) is 84.4 Å². The van der Waals surface area contributed by atoms with E-state index in [-0.39, 0.29) is 4.90 Å². The van der Waals surface area contributed by atoms with Crippen molar-refractivity contribution in [1.82, 2.24) is 0 Å². The number of sulfonamides is 1. The zero-order valence-electron chi connectivity index (χ0n) is 14.2. The lowest BCUT2D eigenvalue weighted by molar-refractivity contribution is 0.415. The molecule has 0 fully saturated rings. The maximum Gasteiger partial charge on any atom is 0.261 e. The summed E-state index contributed by atoms with van der Waals surface area (Å²) in [5.74, 6) is 0.762. The average Bonchev–Trinajstić information content (AvgIpc) is 2.68. The van der Waals surface area contributed by atoms with Gasteiger partial charge in [0.05, 0.1) is 23.4 Å². The molecule has 0 radical (unpaired) electrons. The molecule has 3 rings (SSSR count). The predicted molar refractivity (Wildman–Crippen MR) is 104 cm³/mol. The minimum Gasteiger partial charge on any atom is -0.497 e. The monoisotopic (exact) mass is 366 g/mol. The van der Waals surface area contributed by atoms with E-state index in [1.807, 2.05) is 24.3 Å². The van der Waals surface area contributed by atoms with Crippen molar-refractivity contribution in [2.75, 3.05) is 11.8 Å². The Morgan fingerprint density at radius 2 is 1.54 bits per heavy atom. The van der Waals surface area contributed by atoms with Gasteiger partial charge in [-0.3, -0.25) is 9.71 Å². The molecule has 3 aromatic rings. The van der Waals surface area contributed by atoms with E-state index in [0.29, 0.717) is 11.4 Å². The molecule has 0 unspecified atom stereocenters. The highest BCUT2D eigenvalue weighted by Crippen LogP contribution is 2.27. The molecule has 0 amide bonds. The fourth-order valence-electron chi connectivity index (χ4n) is 2.31. The molecule has 5 nitrogen and oxygen atoms in total. The van der Waals surface area contributed by atoms with Crippen molar-refractivity contribution < 1.29 is 13.2 Å². The highest BCUT2D eigenvalue weighted by Gasteiger charge is 2.15. The van der Waals surface area contributed by atoms with Crippen molar-refractivity contribution in [3.63, 3.8) is 0 Å². The molecular weight excluding hydrogens is 348 g/mol. The van der Waals surface area contributed by atoms with Gasteiger partial charge in [-0.05, 0) is 54.1 Å². The Kier molecular flexibility index (Phi) is 5.34. The van der Waals surface area contributed by atoms with Gasteiger partial charge in [0.2, 0.25) is 0 Å². The van der Waals surface area contributed by atoms with Crippen molar-refractivity contribution in [3.8, 4) is 5.75 Å². The van der Waals surface area contributed by atoms with E-state index in [4.69, 9.17) is 4.74 Å². The number of para-hydroxylation sites is 2. The van der Waals surface area contributed by atoms with Gasteiger partial charge in [0.25, 0.3) is 10.0 Å². The van der Waals surface area contributed by atoms with Gasteiger partial charge in [0.15, 0.2) is 0 Å². The fraction of sp³-hybridized carbons (Fsp3) is 0.0500. The SMILES string of the molecule is COc1ccc(C=Nc2ccccc2NS(=O)(=O)c2ccccc2)cc1. The van der Waals surface area contributed by atoms with E-state index in [1.54, 1.807) is 67.9 Å². The van der Waals surface area contributed by atoms with Gasteiger partial charge < -0.3 is 4.74 Å². The van der Waals surface area contributed by atoms with E-state index in [2.05, 4.69) is 9.71 Å². The summed E-state index contributed by atoms with van der Waals surface area (Å²) in [5.41, 5.74) is 1.83. The first-order valence-corrected chi connectivity index (χ1v) is 9.42. The molecule has 0 aliphatic rings. The minimum absolute atomic E-state index is 0.203. The van der Waals surface area contributed by atoms with Gasteiger partial charge >= 0.3 is 0 Å². The third kappa shape index (κ3) is 4.29. The van der Waals surface area contributed by atoms with Crippen LogP contribution in [0, 0.1) is 0 Å². The van der Waals surface area contributed by atoms with Crippen LogP contribution in [-0.4, -0.2) is 21.7 Å². The maximum atomic E-state index is 12.5. The molecule has 0 aliphatic heterocycles. The first kappa shape index (κ1) is 17.7. The lowest BCUT2D eigenvalue weighted by Gasteiger charge is -2.10. The largest absolute Gasteiger partial charge is 0.497 e. The van der Waals surface area contributed by atoms with Gasteiger partial charge in [0.1, 0.15) is 5.75 Å². The summed E-state index contributed by atoms with van der Waals surface area (Å²) in [5, 5.41) is 0. The summed E-state index contributed by atoms with van der Waals surface area (Å²) in [6.45, 7) is 0. The molecule has 26 heavy (non-hydrogen) atoms. The zero-order valence-corrected chi connectivity index (χ0v) is 15.0. The summed E-state index contributed by atoms with van der Waals surface area (Å²) < 4.78 is 32.8. The quantitative estimate of drug-likeness (QED) is 0.663. The van der Waals surface area contributed by atoms with E-state index < -0.39 is 10.0 Å². The number of benzene rings is 3. The smallest absolute Gasteiger partial charge is 0.261 e. The predicted octanol–water partition coefficient (Wildman–Crippen LogP) is 4.25.